The maximum Gasteiger partial charge on any atom is 0.0555 e. The van der Waals surface area contributed by atoms with Gasteiger partial charge in [0, 0.05) is 10.7 Å². The molecule has 98 valence electrons. The first-order valence-electron chi connectivity index (χ1n) is 6.84. The summed E-state index contributed by atoms with van der Waals surface area (Å²) in [6, 6.07) is 21.4. The van der Waals surface area contributed by atoms with Crippen LogP contribution in [0.4, 0.5) is 5.69 Å². The van der Waals surface area contributed by atoms with Crippen molar-refractivity contribution >= 4 is 28.1 Å². The summed E-state index contributed by atoms with van der Waals surface area (Å²) < 4.78 is 0. The van der Waals surface area contributed by atoms with Gasteiger partial charge in [-0.25, -0.2) is 0 Å². The zero-order chi connectivity index (χ0) is 13.5. The number of rotatable bonds is 1. The second-order valence-corrected chi connectivity index (χ2v) is 5.70. The highest BCUT2D eigenvalue weighted by Gasteiger charge is 2.23. The van der Waals surface area contributed by atoms with E-state index in [2.05, 4.69) is 53.8 Å². The molecule has 1 aliphatic rings. The third-order valence-corrected chi connectivity index (χ3v) is 4.30. The van der Waals surface area contributed by atoms with Gasteiger partial charge < -0.3 is 5.32 Å². The summed E-state index contributed by atoms with van der Waals surface area (Å²) in [5, 5.41) is 7.07. The van der Waals surface area contributed by atoms with Crippen LogP contribution >= 0.6 is 11.6 Å². The van der Waals surface area contributed by atoms with Gasteiger partial charge in [0.15, 0.2) is 0 Å². The van der Waals surface area contributed by atoms with E-state index < -0.39 is 0 Å². The van der Waals surface area contributed by atoms with Crippen LogP contribution in [0.2, 0.25) is 5.02 Å². The number of hydrogen-bond acceptors (Lipinski definition) is 1. The first-order chi connectivity index (χ1) is 9.81. The minimum Gasteiger partial charge on any atom is -0.378 e. The maximum atomic E-state index is 5.97. The summed E-state index contributed by atoms with van der Waals surface area (Å²) in [5.74, 6) is 0. The summed E-state index contributed by atoms with van der Waals surface area (Å²) in [5.41, 5.74) is 3.96. The van der Waals surface area contributed by atoms with Crippen molar-refractivity contribution in [3.63, 3.8) is 0 Å². The Bertz CT molecular complexity index is 777. The Balaban J connectivity index is 1.76. The fourth-order valence-electron chi connectivity index (χ4n) is 3.03. The molecule has 2 heteroatoms. The lowest BCUT2D eigenvalue weighted by atomic mass is 9.98. The predicted octanol–water partition coefficient (Wildman–Crippen LogP) is 5.20. The van der Waals surface area contributed by atoms with Crippen molar-refractivity contribution in [1.29, 1.82) is 0 Å². The molecule has 0 aliphatic carbocycles. The molecule has 4 rings (SSSR count). The van der Waals surface area contributed by atoms with Crippen molar-refractivity contribution in [2.45, 2.75) is 12.5 Å². The Morgan fingerprint density at radius 1 is 0.900 bits per heavy atom. The fourth-order valence-corrected chi connectivity index (χ4v) is 3.16. The Labute approximate surface area is 123 Å². The first kappa shape index (κ1) is 11.8. The highest BCUT2D eigenvalue weighted by Crippen LogP contribution is 2.38. The van der Waals surface area contributed by atoms with E-state index in [1.54, 1.807) is 0 Å². The average molecular weight is 280 g/mol. The molecule has 1 nitrogen and oxygen atoms in total. The van der Waals surface area contributed by atoms with Crippen molar-refractivity contribution in [3.05, 3.63) is 76.8 Å². The Kier molecular flexibility index (Phi) is 2.68. The molecule has 3 aromatic rings. The second-order valence-electron chi connectivity index (χ2n) is 5.27. The molecule has 1 aliphatic heterocycles. The summed E-state index contributed by atoms with van der Waals surface area (Å²) in [7, 11) is 0. The van der Waals surface area contributed by atoms with E-state index in [0.717, 1.165) is 11.4 Å². The van der Waals surface area contributed by atoms with E-state index in [4.69, 9.17) is 11.6 Å². The Hall–Kier alpha value is -1.99. The predicted molar refractivity (Wildman–Crippen MR) is 85.5 cm³/mol. The van der Waals surface area contributed by atoms with Gasteiger partial charge in [0.25, 0.3) is 0 Å². The SMILES string of the molecule is Clc1ccc(C2Cc3c(ccc4ccccc34)N2)cc1. The number of nitrogens with one attached hydrogen (secondary N) is 1. The van der Waals surface area contributed by atoms with Crippen LogP contribution in [-0.4, -0.2) is 0 Å². The van der Waals surface area contributed by atoms with Gasteiger partial charge in [0.1, 0.15) is 0 Å². The minimum absolute atomic E-state index is 0.341. The lowest BCUT2D eigenvalue weighted by Crippen LogP contribution is -2.05. The van der Waals surface area contributed by atoms with Crippen LogP contribution in [0.1, 0.15) is 17.2 Å². The van der Waals surface area contributed by atoms with Crippen molar-refractivity contribution in [2.75, 3.05) is 5.32 Å². The number of fused-ring (bicyclic) bond motifs is 3. The van der Waals surface area contributed by atoms with Gasteiger partial charge in [-0.05, 0) is 46.5 Å². The molecule has 20 heavy (non-hydrogen) atoms. The molecule has 0 aromatic heterocycles. The lowest BCUT2D eigenvalue weighted by Gasteiger charge is -2.11. The molecule has 1 heterocycles. The third-order valence-electron chi connectivity index (χ3n) is 4.05. The summed E-state index contributed by atoms with van der Waals surface area (Å²) in [6.45, 7) is 0. The van der Waals surface area contributed by atoms with Gasteiger partial charge in [0.05, 0.1) is 6.04 Å². The van der Waals surface area contributed by atoms with Crippen LogP contribution in [0.25, 0.3) is 10.8 Å². The van der Waals surface area contributed by atoms with Crippen molar-refractivity contribution < 1.29 is 0 Å². The summed E-state index contributed by atoms with van der Waals surface area (Å²) in [6.07, 6.45) is 1.03. The van der Waals surface area contributed by atoms with Gasteiger partial charge in [-0.15, -0.1) is 0 Å². The quantitative estimate of drug-likeness (QED) is 0.645. The van der Waals surface area contributed by atoms with Crippen LogP contribution in [0.5, 0.6) is 0 Å². The molecule has 0 radical (unpaired) electrons. The zero-order valence-corrected chi connectivity index (χ0v) is 11.7. The van der Waals surface area contributed by atoms with E-state index in [9.17, 15) is 0 Å². The summed E-state index contributed by atoms with van der Waals surface area (Å²) in [4.78, 5) is 0. The largest absolute Gasteiger partial charge is 0.378 e. The Morgan fingerprint density at radius 2 is 1.70 bits per heavy atom. The topological polar surface area (TPSA) is 12.0 Å². The molecule has 0 fully saturated rings. The summed E-state index contributed by atoms with van der Waals surface area (Å²) >= 11 is 5.97. The molecule has 3 aromatic carbocycles. The molecule has 0 saturated heterocycles. The molecule has 0 amide bonds. The molecule has 0 saturated carbocycles. The molecule has 0 bridgehead atoms. The van der Waals surface area contributed by atoms with Crippen LogP contribution in [0.3, 0.4) is 0 Å². The molecule has 1 unspecified atom stereocenters. The van der Waals surface area contributed by atoms with Crippen molar-refractivity contribution in [3.8, 4) is 0 Å². The average Bonchev–Trinajstić information content (AvgIpc) is 2.92. The number of halogens is 1. The van der Waals surface area contributed by atoms with E-state index in [1.165, 1.54) is 27.6 Å². The monoisotopic (exact) mass is 279 g/mol. The van der Waals surface area contributed by atoms with Crippen LogP contribution < -0.4 is 5.32 Å². The van der Waals surface area contributed by atoms with Gasteiger partial charge in [-0.3, -0.25) is 0 Å². The van der Waals surface area contributed by atoms with Gasteiger partial charge >= 0.3 is 0 Å². The van der Waals surface area contributed by atoms with Gasteiger partial charge in [0.2, 0.25) is 0 Å². The molecular weight excluding hydrogens is 266 g/mol. The van der Waals surface area contributed by atoms with Crippen LogP contribution in [0, 0.1) is 0 Å². The second kappa shape index (κ2) is 4.53. The van der Waals surface area contributed by atoms with E-state index in [0.29, 0.717) is 6.04 Å². The Morgan fingerprint density at radius 3 is 2.55 bits per heavy atom. The van der Waals surface area contributed by atoms with Gasteiger partial charge in [-0.2, -0.15) is 0 Å². The lowest BCUT2D eigenvalue weighted by molar-refractivity contribution is 0.827. The van der Waals surface area contributed by atoms with Crippen LogP contribution in [-0.2, 0) is 6.42 Å². The normalized spacial score (nSPS) is 16.9. The molecule has 0 spiro atoms. The minimum atomic E-state index is 0.341. The van der Waals surface area contributed by atoms with E-state index in [-0.39, 0.29) is 0 Å². The smallest absolute Gasteiger partial charge is 0.0555 e. The third kappa shape index (κ3) is 1.86. The zero-order valence-electron chi connectivity index (χ0n) is 10.9. The van der Waals surface area contributed by atoms with E-state index >= 15 is 0 Å². The molecule has 1 N–H and O–H groups in total. The standard InChI is InChI=1S/C18H14ClN/c19-14-8-5-13(6-9-14)18-11-16-15-4-2-1-3-12(15)7-10-17(16)20-18/h1-10,18,20H,11H2. The fraction of sp³-hybridized carbons (Fsp3) is 0.111. The van der Waals surface area contributed by atoms with E-state index in [1.807, 2.05) is 12.1 Å². The highest BCUT2D eigenvalue weighted by atomic mass is 35.5. The molecule has 1 atom stereocenters. The molecular formula is C18H14ClN. The van der Waals surface area contributed by atoms with Gasteiger partial charge in [-0.1, -0.05) is 54.1 Å². The van der Waals surface area contributed by atoms with Crippen molar-refractivity contribution in [2.24, 2.45) is 0 Å². The number of hydrogen-bond donors (Lipinski definition) is 1. The maximum absolute atomic E-state index is 5.97. The van der Waals surface area contributed by atoms with Crippen molar-refractivity contribution in [1.82, 2.24) is 0 Å². The highest BCUT2D eigenvalue weighted by molar-refractivity contribution is 6.30. The van der Waals surface area contributed by atoms with Crippen LogP contribution in [0.15, 0.2) is 60.7 Å². The number of anilines is 1. The first-order valence-corrected chi connectivity index (χ1v) is 7.22. The number of benzene rings is 3.